The van der Waals surface area contributed by atoms with Crippen LogP contribution in [-0.4, -0.2) is 26.1 Å². The highest BCUT2D eigenvalue weighted by atomic mass is 32.2. The summed E-state index contributed by atoms with van der Waals surface area (Å²) in [5, 5.41) is 14.6. The number of nitrogens with zero attached hydrogens (tertiary/aromatic N) is 3. The van der Waals surface area contributed by atoms with E-state index in [1.807, 2.05) is 24.4 Å². The molecule has 7 heteroatoms. The fourth-order valence-corrected chi connectivity index (χ4v) is 2.73. The van der Waals surface area contributed by atoms with E-state index in [0.29, 0.717) is 11.2 Å². The van der Waals surface area contributed by atoms with Crippen LogP contribution in [0, 0.1) is 0 Å². The molecule has 2 aromatic heterocycles. The number of thioether (sulfide) groups is 1. The second kappa shape index (κ2) is 6.72. The van der Waals surface area contributed by atoms with E-state index in [0.717, 1.165) is 22.2 Å². The largest absolute Gasteiger partial charge is 0.245 e. The predicted octanol–water partition coefficient (Wildman–Crippen LogP) is 3.59. The molecule has 2 rings (SSSR count). The number of rotatable bonds is 6. The van der Waals surface area contributed by atoms with Crippen LogP contribution in [0.2, 0.25) is 0 Å². The Labute approximate surface area is 120 Å². The fourth-order valence-electron chi connectivity index (χ4n) is 1.29. The summed E-state index contributed by atoms with van der Waals surface area (Å²) in [5.74, 6) is 0.571. The molecule has 0 fully saturated rings. The average molecular weight is 295 g/mol. The second-order valence-electron chi connectivity index (χ2n) is 4.09. The van der Waals surface area contributed by atoms with Crippen molar-refractivity contribution in [3.05, 3.63) is 22.4 Å². The molecule has 0 aromatic carbocycles. The van der Waals surface area contributed by atoms with E-state index >= 15 is 0 Å². The van der Waals surface area contributed by atoms with E-state index in [4.69, 9.17) is 0 Å². The van der Waals surface area contributed by atoms with Gasteiger partial charge in [-0.3, -0.25) is 0 Å². The lowest BCUT2D eigenvalue weighted by Crippen LogP contribution is -1.98. The molecule has 102 valence electrons. The topological polar surface area (TPSA) is 66.0 Å². The summed E-state index contributed by atoms with van der Waals surface area (Å²) in [5.41, 5.74) is 3.83. The number of nitrogens with one attached hydrogen (secondary N) is 2. The molecule has 0 radical (unpaired) electrons. The van der Waals surface area contributed by atoms with E-state index < -0.39 is 0 Å². The molecule has 0 spiro atoms. The van der Waals surface area contributed by atoms with E-state index in [9.17, 15) is 0 Å². The number of hydrogen-bond donors (Lipinski definition) is 2. The summed E-state index contributed by atoms with van der Waals surface area (Å²) in [7, 11) is 0. The predicted molar refractivity (Wildman–Crippen MR) is 82.1 cm³/mol. The van der Waals surface area contributed by atoms with Crippen LogP contribution >= 0.6 is 23.1 Å². The Kier molecular flexibility index (Phi) is 4.98. The lowest BCUT2D eigenvalue weighted by Gasteiger charge is -2.02. The molecule has 1 atom stereocenters. The number of H-pyrrole nitrogens is 1. The van der Waals surface area contributed by atoms with Crippen molar-refractivity contribution in [1.29, 1.82) is 0 Å². The maximum Gasteiger partial charge on any atom is 0.240 e. The lowest BCUT2D eigenvalue weighted by molar-refractivity contribution is 0.888. The number of aromatic amines is 1. The van der Waals surface area contributed by atoms with Gasteiger partial charge in [0, 0.05) is 10.1 Å². The molecule has 0 saturated heterocycles. The first-order valence-electron chi connectivity index (χ1n) is 6.12. The number of thiophene rings is 1. The molecule has 0 unspecified atom stereocenters. The van der Waals surface area contributed by atoms with Crippen molar-refractivity contribution in [1.82, 2.24) is 15.2 Å². The fraction of sp³-hybridized carbons (Fsp3) is 0.417. The zero-order chi connectivity index (χ0) is 13.7. The number of hydrogen-bond acceptors (Lipinski definition) is 6. The van der Waals surface area contributed by atoms with E-state index in [1.165, 1.54) is 0 Å². The van der Waals surface area contributed by atoms with E-state index in [-0.39, 0.29) is 0 Å². The average Bonchev–Trinajstić information content (AvgIpc) is 3.07. The van der Waals surface area contributed by atoms with Crippen LogP contribution in [0.4, 0.5) is 5.95 Å². The minimum atomic E-state index is 0.514. The van der Waals surface area contributed by atoms with Crippen molar-refractivity contribution in [2.75, 3.05) is 5.43 Å². The van der Waals surface area contributed by atoms with Gasteiger partial charge in [-0.1, -0.05) is 31.7 Å². The van der Waals surface area contributed by atoms with Gasteiger partial charge in [0.1, 0.15) is 0 Å². The third-order valence-electron chi connectivity index (χ3n) is 2.55. The maximum absolute atomic E-state index is 4.33. The molecule has 2 aromatic rings. The molecule has 5 nitrogen and oxygen atoms in total. The summed E-state index contributed by atoms with van der Waals surface area (Å²) in [6, 6.07) is 4.05. The summed E-state index contributed by atoms with van der Waals surface area (Å²) in [6.45, 7) is 6.27. The zero-order valence-corrected chi connectivity index (χ0v) is 12.8. The SMILES string of the molecule is CC[C@H](C)Sc1n[nH]c(N/N=C(/C)c2cccs2)n1. The van der Waals surface area contributed by atoms with Gasteiger partial charge in [-0.15, -0.1) is 16.4 Å². The van der Waals surface area contributed by atoms with Crippen LogP contribution in [0.1, 0.15) is 32.1 Å². The first-order chi connectivity index (χ1) is 9.19. The molecule has 2 heterocycles. The Morgan fingerprint density at radius 3 is 3.16 bits per heavy atom. The Morgan fingerprint density at radius 1 is 1.63 bits per heavy atom. The summed E-state index contributed by atoms with van der Waals surface area (Å²) >= 11 is 3.32. The third kappa shape index (κ3) is 4.07. The molecular weight excluding hydrogens is 278 g/mol. The molecule has 19 heavy (non-hydrogen) atoms. The molecule has 0 saturated carbocycles. The van der Waals surface area contributed by atoms with Crippen molar-refractivity contribution in [2.45, 2.75) is 37.6 Å². The van der Waals surface area contributed by atoms with Crippen LogP contribution in [0.3, 0.4) is 0 Å². The third-order valence-corrected chi connectivity index (χ3v) is 4.66. The van der Waals surface area contributed by atoms with Gasteiger partial charge in [0.25, 0.3) is 0 Å². The van der Waals surface area contributed by atoms with Crippen molar-refractivity contribution >= 4 is 34.8 Å². The lowest BCUT2D eigenvalue weighted by atomic mass is 10.3. The summed E-state index contributed by atoms with van der Waals surface area (Å²) in [4.78, 5) is 5.47. The Bertz CT molecular complexity index is 532. The van der Waals surface area contributed by atoms with Gasteiger partial charge in [0.05, 0.1) is 5.71 Å². The van der Waals surface area contributed by atoms with E-state index in [1.54, 1.807) is 23.1 Å². The van der Waals surface area contributed by atoms with Crippen LogP contribution in [0.5, 0.6) is 0 Å². The highest BCUT2D eigenvalue weighted by Crippen LogP contribution is 2.21. The monoisotopic (exact) mass is 295 g/mol. The first-order valence-corrected chi connectivity index (χ1v) is 7.88. The number of anilines is 1. The van der Waals surface area contributed by atoms with Crippen LogP contribution in [0.15, 0.2) is 27.8 Å². The maximum atomic E-state index is 4.33. The van der Waals surface area contributed by atoms with Gasteiger partial charge in [0.15, 0.2) is 0 Å². The van der Waals surface area contributed by atoms with E-state index in [2.05, 4.69) is 39.6 Å². The Hall–Kier alpha value is -1.34. The molecule has 0 aliphatic carbocycles. The quantitative estimate of drug-likeness (QED) is 0.485. The molecule has 2 N–H and O–H groups in total. The summed E-state index contributed by atoms with van der Waals surface area (Å²) in [6.07, 6.45) is 1.09. The van der Waals surface area contributed by atoms with Crippen molar-refractivity contribution in [3.63, 3.8) is 0 Å². The van der Waals surface area contributed by atoms with Crippen molar-refractivity contribution in [3.8, 4) is 0 Å². The second-order valence-corrected chi connectivity index (χ2v) is 6.44. The Balaban J connectivity index is 1.95. The summed E-state index contributed by atoms with van der Waals surface area (Å²) < 4.78 is 0. The van der Waals surface area contributed by atoms with Crippen LogP contribution in [0.25, 0.3) is 0 Å². The number of hydrazone groups is 1. The number of aromatic nitrogens is 3. The van der Waals surface area contributed by atoms with Gasteiger partial charge < -0.3 is 0 Å². The molecule has 0 bridgehead atoms. The zero-order valence-electron chi connectivity index (χ0n) is 11.2. The smallest absolute Gasteiger partial charge is 0.240 e. The van der Waals surface area contributed by atoms with Crippen molar-refractivity contribution < 1.29 is 0 Å². The molecule has 0 aliphatic rings. The highest BCUT2D eigenvalue weighted by Gasteiger charge is 2.07. The van der Waals surface area contributed by atoms with Crippen molar-refractivity contribution in [2.24, 2.45) is 5.10 Å². The molecular formula is C12H17N5S2. The molecule has 0 amide bonds. The normalized spacial score (nSPS) is 13.5. The Morgan fingerprint density at radius 2 is 2.47 bits per heavy atom. The minimum Gasteiger partial charge on any atom is -0.245 e. The molecule has 0 aliphatic heterocycles. The van der Waals surface area contributed by atoms with Crippen LogP contribution in [-0.2, 0) is 0 Å². The van der Waals surface area contributed by atoms with Crippen LogP contribution < -0.4 is 5.43 Å². The van der Waals surface area contributed by atoms with Gasteiger partial charge in [-0.05, 0) is 24.8 Å². The standard InChI is InChI=1S/C12H17N5S2/c1-4-8(2)19-12-13-11(16-17-12)15-14-9(3)10-6-5-7-18-10/h5-8H,4H2,1-3H3,(H2,13,15,16,17)/b14-9-/t8-/m0/s1. The first kappa shape index (κ1) is 14.1. The van der Waals surface area contributed by atoms with Gasteiger partial charge in [0.2, 0.25) is 11.1 Å². The van der Waals surface area contributed by atoms with Gasteiger partial charge in [-0.2, -0.15) is 10.1 Å². The highest BCUT2D eigenvalue weighted by molar-refractivity contribution is 7.99. The van der Waals surface area contributed by atoms with Gasteiger partial charge >= 0.3 is 0 Å². The van der Waals surface area contributed by atoms with Gasteiger partial charge in [-0.25, -0.2) is 10.5 Å². The minimum absolute atomic E-state index is 0.514.